The Kier molecular flexibility index (Phi) is 6.39. The van der Waals surface area contributed by atoms with E-state index in [9.17, 15) is 4.79 Å². The van der Waals surface area contributed by atoms with Crippen LogP contribution >= 0.6 is 0 Å². The molecule has 0 saturated carbocycles. The minimum atomic E-state index is -0.102. The molecule has 0 spiro atoms. The van der Waals surface area contributed by atoms with E-state index in [2.05, 4.69) is 9.88 Å². The summed E-state index contributed by atoms with van der Waals surface area (Å²) in [6, 6.07) is 15.1. The molecule has 0 unspecified atom stereocenters. The highest BCUT2D eigenvalue weighted by Gasteiger charge is 2.26. The van der Waals surface area contributed by atoms with Crippen LogP contribution in [0, 0.1) is 0 Å². The van der Waals surface area contributed by atoms with E-state index in [0.29, 0.717) is 54.8 Å². The van der Waals surface area contributed by atoms with Gasteiger partial charge in [-0.3, -0.25) is 4.79 Å². The van der Waals surface area contributed by atoms with E-state index in [1.807, 2.05) is 41.3 Å². The molecule has 4 rings (SSSR count). The number of benzene rings is 2. The van der Waals surface area contributed by atoms with Crippen molar-refractivity contribution in [3.8, 4) is 28.6 Å². The number of rotatable bonds is 6. The van der Waals surface area contributed by atoms with Crippen molar-refractivity contribution in [2.24, 2.45) is 0 Å². The molecular weight excluding hydrogens is 408 g/mol. The first kappa shape index (κ1) is 21.4. The van der Waals surface area contributed by atoms with Crippen molar-refractivity contribution in [1.82, 2.24) is 14.9 Å². The number of nitrogens with zero attached hydrogens (tertiary/aromatic N) is 4. The molecule has 32 heavy (non-hydrogen) atoms. The van der Waals surface area contributed by atoms with E-state index >= 15 is 0 Å². The van der Waals surface area contributed by atoms with Crippen LogP contribution in [0.2, 0.25) is 0 Å². The molecule has 2 aromatic carbocycles. The van der Waals surface area contributed by atoms with Crippen molar-refractivity contribution in [3.63, 3.8) is 0 Å². The number of aromatic nitrogens is 2. The maximum absolute atomic E-state index is 13.2. The predicted octanol–water partition coefficient (Wildman–Crippen LogP) is 3.13. The molecule has 1 fully saturated rings. The Morgan fingerprint density at radius 3 is 2.16 bits per heavy atom. The summed E-state index contributed by atoms with van der Waals surface area (Å²) in [5, 5.41) is 0. The van der Waals surface area contributed by atoms with Gasteiger partial charge in [-0.2, -0.15) is 0 Å². The highest BCUT2D eigenvalue weighted by molar-refractivity contribution is 5.98. The standard InChI is InChI=1S/C24H26N4O4/c1-30-19-16-21(32-3)20(31-2)15-18(19)24(29)28-13-11-27(12-14-28)22-9-10-25-23(26-22)17-7-5-4-6-8-17/h4-10,15-16H,11-14H2,1-3H3. The fourth-order valence-electron chi connectivity index (χ4n) is 3.76. The number of methoxy groups -OCH3 is 3. The second-order valence-electron chi connectivity index (χ2n) is 7.29. The van der Waals surface area contributed by atoms with Gasteiger partial charge in [-0.1, -0.05) is 30.3 Å². The van der Waals surface area contributed by atoms with Gasteiger partial charge in [0.05, 0.1) is 26.9 Å². The number of carbonyl (C=O) groups is 1. The van der Waals surface area contributed by atoms with Gasteiger partial charge in [0.15, 0.2) is 17.3 Å². The van der Waals surface area contributed by atoms with Gasteiger partial charge in [0, 0.05) is 50.1 Å². The Morgan fingerprint density at radius 1 is 0.844 bits per heavy atom. The molecule has 0 atom stereocenters. The lowest BCUT2D eigenvalue weighted by molar-refractivity contribution is 0.0742. The highest BCUT2D eigenvalue weighted by atomic mass is 16.5. The van der Waals surface area contributed by atoms with E-state index in [1.165, 1.54) is 7.11 Å². The lowest BCUT2D eigenvalue weighted by Gasteiger charge is -2.35. The normalized spacial score (nSPS) is 13.6. The maximum atomic E-state index is 13.2. The minimum absolute atomic E-state index is 0.102. The average Bonchev–Trinajstić information content (AvgIpc) is 2.88. The molecular formula is C24H26N4O4. The van der Waals surface area contributed by atoms with Crippen LogP contribution < -0.4 is 19.1 Å². The van der Waals surface area contributed by atoms with E-state index in [4.69, 9.17) is 19.2 Å². The van der Waals surface area contributed by atoms with Crippen LogP contribution in [0.4, 0.5) is 5.82 Å². The minimum Gasteiger partial charge on any atom is -0.496 e. The summed E-state index contributed by atoms with van der Waals surface area (Å²) in [7, 11) is 4.63. The maximum Gasteiger partial charge on any atom is 0.257 e. The topological polar surface area (TPSA) is 77.0 Å². The molecule has 0 radical (unpaired) electrons. The zero-order chi connectivity index (χ0) is 22.5. The van der Waals surface area contributed by atoms with Crippen molar-refractivity contribution < 1.29 is 19.0 Å². The molecule has 1 aliphatic rings. The number of hydrogen-bond donors (Lipinski definition) is 0. The fraction of sp³-hybridized carbons (Fsp3) is 0.292. The number of hydrogen-bond acceptors (Lipinski definition) is 7. The van der Waals surface area contributed by atoms with E-state index in [1.54, 1.807) is 32.5 Å². The van der Waals surface area contributed by atoms with Crippen molar-refractivity contribution in [2.75, 3.05) is 52.4 Å². The Labute approximate surface area is 187 Å². The average molecular weight is 434 g/mol. The van der Waals surface area contributed by atoms with Gasteiger partial charge in [0.25, 0.3) is 5.91 Å². The molecule has 1 aliphatic heterocycles. The first-order chi connectivity index (χ1) is 15.6. The van der Waals surface area contributed by atoms with Crippen LogP contribution in [-0.4, -0.2) is 68.3 Å². The van der Waals surface area contributed by atoms with Crippen molar-refractivity contribution in [1.29, 1.82) is 0 Å². The number of ether oxygens (including phenoxy) is 3. The molecule has 3 aromatic rings. The second-order valence-corrected chi connectivity index (χ2v) is 7.29. The summed E-state index contributed by atoms with van der Waals surface area (Å²) < 4.78 is 16.1. The molecule has 8 heteroatoms. The number of amides is 1. The third kappa shape index (κ3) is 4.30. The first-order valence-corrected chi connectivity index (χ1v) is 10.4. The zero-order valence-corrected chi connectivity index (χ0v) is 18.4. The van der Waals surface area contributed by atoms with E-state index in [0.717, 1.165) is 11.4 Å². The Hall–Kier alpha value is -3.81. The largest absolute Gasteiger partial charge is 0.496 e. The molecule has 166 valence electrons. The van der Waals surface area contributed by atoms with Gasteiger partial charge >= 0.3 is 0 Å². The lowest BCUT2D eigenvalue weighted by atomic mass is 10.1. The van der Waals surface area contributed by atoms with Crippen LogP contribution in [0.3, 0.4) is 0 Å². The molecule has 1 saturated heterocycles. The molecule has 0 N–H and O–H groups in total. The quantitative estimate of drug-likeness (QED) is 0.590. The van der Waals surface area contributed by atoms with Gasteiger partial charge in [0.1, 0.15) is 11.6 Å². The molecule has 1 amide bonds. The SMILES string of the molecule is COc1cc(OC)c(C(=O)N2CCN(c3ccnc(-c4ccccc4)n3)CC2)cc1OC. The summed E-state index contributed by atoms with van der Waals surface area (Å²) >= 11 is 0. The van der Waals surface area contributed by atoms with E-state index in [-0.39, 0.29) is 5.91 Å². The molecule has 1 aromatic heterocycles. The van der Waals surface area contributed by atoms with Crippen LogP contribution in [0.25, 0.3) is 11.4 Å². The van der Waals surface area contributed by atoms with Crippen molar-refractivity contribution >= 4 is 11.7 Å². The lowest BCUT2D eigenvalue weighted by Crippen LogP contribution is -2.49. The number of anilines is 1. The third-order valence-corrected chi connectivity index (χ3v) is 5.50. The molecule has 8 nitrogen and oxygen atoms in total. The van der Waals surface area contributed by atoms with Gasteiger partial charge in [-0.05, 0) is 6.07 Å². The van der Waals surface area contributed by atoms with Crippen LogP contribution in [0.1, 0.15) is 10.4 Å². The number of piperazine rings is 1. The summed E-state index contributed by atoms with van der Waals surface area (Å²) in [5.41, 5.74) is 1.43. The van der Waals surface area contributed by atoms with Gasteiger partial charge in [-0.25, -0.2) is 9.97 Å². The Morgan fingerprint density at radius 2 is 1.50 bits per heavy atom. The summed E-state index contributed by atoms with van der Waals surface area (Å²) in [6.07, 6.45) is 1.77. The van der Waals surface area contributed by atoms with Crippen molar-refractivity contribution in [3.05, 3.63) is 60.3 Å². The summed E-state index contributed by atoms with van der Waals surface area (Å²) in [6.45, 7) is 2.49. The smallest absolute Gasteiger partial charge is 0.257 e. The number of carbonyl (C=O) groups excluding carboxylic acids is 1. The van der Waals surface area contributed by atoms with Crippen LogP contribution in [0.5, 0.6) is 17.2 Å². The summed E-state index contributed by atoms with van der Waals surface area (Å²) in [5.74, 6) is 2.91. The van der Waals surface area contributed by atoms with Crippen LogP contribution in [-0.2, 0) is 0 Å². The van der Waals surface area contributed by atoms with Gasteiger partial charge in [-0.15, -0.1) is 0 Å². The monoisotopic (exact) mass is 434 g/mol. The molecule has 0 aliphatic carbocycles. The van der Waals surface area contributed by atoms with Gasteiger partial charge in [0.2, 0.25) is 0 Å². The van der Waals surface area contributed by atoms with Crippen LogP contribution in [0.15, 0.2) is 54.7 Å². The first-order valence-electron chi connectivity index (χ1n) is 10.4. The second kappa shape index (κ2) is 9.55. The predicted molar refractivity (Wildman–Crippen MR) is 122 cm³/mol. The Bertz CT molecular complexity index is 1080. The summed E-state index contributed by atoms with van der Waals surface area (Å²) in [4.78, 5) is 26.3. The zero-order valence-electron chi connectivity index (χ0n) is 18.4. The Balaban J connectivity index is 1.48. The fourth-order valence-corrected chi connectivity index (χ4v) is 3.76. The van der Waals surface area contributed by atoms with E-state index < -0.39 is 0 Å². The van der Waals surface area contributed by atoms with Gasteiger partial charge < -0.3 is 24.0 Å². The van der Waals surface area contributed by atoms with Crippen molar-refractivity contribution in [2.45, 2.75) is 0 Å². The highest BCUT2D eigenvalue weighted by Crippen LogP contribution is 2.35. The third-order valence-electron chi connectivity index (χ3n) is 5.50. The molecule has 0 bridgehead atoms. The molecule has 2 heterocycles.